The van der Waals surface area contributed by atoms with Gasteiger partial charge in [0.25, 0.3) is 5.91 Å². The summed E-state index contributed by atoms with van der Waals surface area (Å²) in [5.41, 5.74) is 0.781. The molecule has 1 N–H and O–H groups in total. The molecule has 1 aromatic carbocycles. The van der Waals surface area contributed by atoms with Crippen molar-refractivity contribution in [2.45, 2.75) is 0 Å². The molecule has 0 spiro atoms. The highest BCUT2D eigenvalue weighted by atomic mass is 79.9. The van der Waals surface area contributed by atoms with Crippen LogP contribution in [0.5, 0.6) is 0 Å². The Kier molecular flexibility index (Phi) is 3.62. The maximum atomic E-state index is 11.8. The number of anilines is 1. The maximum absolute atomic E-state index is 11.8. The highest BCUT2D eigenvalue weighted by molar-refractivity contribution is 9.10. The molecular weight excluding hydrogens is 342 g/mol. The third kappa shape index (κ3) is 2.78. The summed E-state index contributed by atoms with van der Waals surface area (Å²) in [4.78, 5) is 12.4. The first-order chi connectivity index (χ1) is 9.72. The first kappa shape index (κ1) is 13.0. The van der Waals surface area contributed by atoms with Crippen molar-refractivity contribution in [3.8, 4) is 11.5 Å². The van der Waals surface area contributed by atoms with E-state index in [0.29, 0.717) is 10.8 Å². The molecule has 0 radical (unpaired) electrons. The van der Waals surface area contributed by atoms with Crippen molar-refractivity contribution < 1.29 is 9.21 Å². The molecule has 2 heterocycles. The van der Waals surface area contributed by atoms with Crippen LogP contribution in [0.3, 0.4) is 0 Å². The highest BCUT2D eigenvalue weighted by Gasteiger charge is 2.13. The lowest BCUT2D eigenvalue weighted by molar-refractivity contribution is 0.102. The molecule has 5 nitrogen and oxygen atoms in total. The first-order valence-corrected chi connectivity index (χ1v) is 7.34. The Morgan fingerprint density at radius 1 is 1.25 bits per heavy atom. The van der Waals surface area contributed by atoms with E-state index in [2.05, 4.69) is 31.4 Å². The van der Waals surface area contributed by atoms with Crippen LogP contribution in [0.4, 0.5) is 6.01 Å². The van der Waals surface area contributed by atoms with Gasteiger partial charge in [-0.05, 0) is 29.6 Å². The quantitative estimate of drug-likeness (QED) is 0.780. The highest BCUT2D eigenvalue weighted by Crippen LogP contribution is 2.23. The molecule has 0 bridgehead atoms. The van der Waals surface area contributed by atoms with Crippen LogP contribution in [0.1, 0.15) is 9.67 Å². The van der Waals surface area contributed by atoms with Crippen LogP contribution in [0.25, 0.3) is 11.5 Å². The molecular formula is C13H8BrN3O2S. The molecule has 20 heavy (non-hydrogen) atoms. The standard InChI is InChI=1S/C13H8BrN3O2S/c14-9-4-1-3-8(7-9)12-16-17-13(19-12)15-11(18)10-5-2-6-20-10/h1-7H,(H,15,17,18). The number of halogens is 1. The average molecular weight is 350 g/mol. The Balaban J connectivity index is 1.79. The van der Waals surface area contributed by atoms with E-state index >= 15 is 0 Å². The van der Waals surface area contributed by atoms with Gasteiger partial charge in [0.05, 0.1) is 4.88 Å². The molecule has 0 aliphatic rings. The summed E-state index contributed by atoms with van der Waals surface area (Å²) in [6.45, 7) is 0. The Morgan fingerprint density at radius 2 is 2.15 bits per heavy atom. The maximum Gasteiger partial charge on any atom is 0.322 e. The summed E-state index contributed by atoms with van der Waals surface area (Å²) in [6.07, 6.45) is 0. The number of amides is 1. The molecule has 100 valence electrons. The summed E-state index contributed by atoms with van der Waals surface area (Å²) in [7, 11) is 0. The molecule has 0 saturated carbocycles. The van der Waals surface area contributed by atoms with Crippen molar-refractivity contribution in [2.24, 2.45) is 0 Å². The predicted octanol–water partition coefficient (Wildman–Crippen LogP) is 3.81. The number of nitrogens with one attached hydrogen (secondary N) is 1. The zero-order valence-electron chi connectivity index (χ0n) is 10.0. The van der Waals surface area contributed by atoms with E-state index < -0.39 is 0 Å². The molecule has 2 aromatic heterocycles. The largest absolute Gasteiger partial charge is 0.403 e. The van der Waals surface area contributed by atoms with E-state index in [1.807, 2.05) is 29.6 Å². The van der Waals surface area contributed by atoms with Crippen LogP contribution in [0, 0.1) is 0 Å². The summed E-state index contributed by atoms with van der Waals surface area (Å²) in [5, 5.41) is 12.1. The lowest BCUT2D eigenvalue weighted by Gasteiger charge is -1.97. The Bertz CT molecular complexity index is 740. The Labute approximate surface area is 126 Å². The summed E-state index contributed by atoms with van der Waals surface area (Å²) in [5.74, 6) is 0.0946. The van der Waals surface area contributed by atoms with Crippen LogP contribution < -0.4 is 5.32 Å². The van der Waals surface area contributed by atoms with Crippen molar-refractivity contribution >= 4 is 39.2 Å². The summed E-state index contributed by atoms with van der Waals surface area (Å²) < 4.78 is 6.34. The molecule has 0 unspecified atom stereocenters. The van der Waals surface area contributed by atoms with Gasteiger partial charge in [-0.15, -0.1) is 16.4 Å². The average Bonchev–Trinajstić information content (AvgIpc) is 3.10. The number of carbonyl (C=O) groups excluding carboxylic acids is 1. The molecule has 0 fully saturated rings. The molecule has 3 aromatic rings. The number of aromatic nitrogens is 2. The summed E-state index contributed by atoms with van der Waals surface area (Å²) >= 11 is 4.72. The zero-order chi connectivity index (χ0) is 13.9. The number of benzene rings is 1. The Hall–Kier alpha value is -1.99. The predicted molar refractivity (Wildman–Crippen MR) is 79.7 cm³/mol. The van der Waals surface area contributed by atoms with Crippen LogP contribution in [0.2, 0.25) is 0 Å². The second-order valence-electron chi connectivity index (χ2n) is 3.85. The third-order valence-electron chi connectivity index (χ3n) is 2.46. The fraction of sp³-hybridized carbons (Fsp3) is 0. The van der Waals surface area contributed by atoms with Gasteiger partial charge in [-0.25, -0.2) is 0 Å². The number of rotatable bonds is 3. The van der Waals surface area contributed by atoms with Crippen LogP contribution in [-0.4, -0.2) is 16.1 Å². The van der Waals surface area contributed by atoms with Crippen molar-refractivity contribution in [3.05, 3.63) is 51.1 Å². The van der Waals surface area contributed by atoms with E-state index in [1.165, 1.54) is 11.3 Å². The van der Waals surface area contributed by atoms with E-state index in [9.17, 15) is 4.79 Å². The SMILES string of the molecule is O=C(Nc1nnc(-c2cccc(Br)c2)o1)c1cccs1. The van der Waals surface area contributed by atoms with E-state index in [1.54, 1.807) is 12.1 Å². The fourth-order valence-corrected chi connectivity index (χ4v) is 2.60. The smallest absolute Gasteiger partial charge is 0.322 e. The number of hydrogen-bond acceptors (Lipinski definition) is 5. The van der Waals surface area contributed by atoms with Gasteiger partial charge in [-0.2, -0.15) is 0 Å². The summed E-state index contributed by atoms with van der Waals surface area (Å²) in [6, 6.07) is 11.1. The topological polar surface area (TPSA) is 68.0 Å². The van der Waals surface area contributed by atoms with Crippen molar-refractivity contribution in [1.29, 1.82) is 0 Å². The van der Waals surface area contributed by atoms with Crippen molar-refractivity contribution in [2.75, 3.05) is 5.32 Å². The molecule has 1 amide bonds. The van der Waals surface area contributed by atoms with Gasteiger partial charge < -0.3 is 4.42 Å². The van der Waals surface area contributed by atoms with Crippen molar-refractivity contribution in [1.82, 2.24) is 10.2 Å². The fourth-order valence-electron chi connectivity index (χ4n) is 1.58. The molecule has 7 heteroatoms. The molecule has 0 aliphatic heterocycles. The van der Waals surface area contributed by atoms with Gasteiger partial charge in [-0.3, -0.25) is 10.1 Å². The third-order valence-corrected chi connectivity index (χ3v) is 3.82. The van der Waals surface area contributed by atoms with Gasteiger partial charge in [0, 0.05) is 10.0 Å². The number of hydrogen-bond donors (Lipinski definition) is 1. The number of carbonyl (C=O) groups is 1. The second kappa shape index (κ2) is 5.56. The molecule has 0 atom stereocenters. The number of nitrogens with zero attached hydrogens (tertiary/aromatic N) is 2. The first-order valence-electron chi connectivity index (χ1n) is 5.67. The van der Waals surface area contributed by atoms with Gasteiger partial charge in [-0.1, -0.05) is 33.2 Å². The van der Waals surface area contributed by atoms with Gasteiger partial charge in [0.15, 0.2) is 0 Å². The minimum absolute atomic E-state index is 0.0818. The molecule has 3 rings (SSSR count). The van der Waals surface area contributed by atoms with E-state index in [-0.39, 0.29) is 11.9 Å². The lowest BCUT2D eigenvalue weighted by atomic mass is 10.2. The Morgan fingerprint density at radius 3 is 2.90 bits per heavy atom. The van der Waals surface area contributed by atoms with Crippen LogP contribution >= 0.6 is 27.3 Å². The normalized spacial score (nSPS) is 10.4. The monoisotopic (exact) mass is 349 g/mol. The lowest BCUT2D eigenvalue weighted by Crippen LogP contribution is -2.10. The minimum Gasteiger partial charge on any atom is -0.403 e. The zero-order valence-corrected chi connectivity index (χ0v) is 12.4. The van der Waals surface area contributed by atoms with Gasteiger partial charge in [0.1, 0.15) is 0 Å². The molecule has 0 aliphatic carbocycles. The second-order valence-corrected chi connectivity index (χ2v) is 5.72. The van der Waals surface area contributed by atoms with Gasteiger partial charge in [0.2, 0.25) is 5.89 Å². The molecule has 0 saturated heterocycles. The van der Waals surface area contributed by atoms with Gasteiger partial charge >= 0.3 is 6.01 Å². The van der Waals surface area contributed by atoms with Crippen LogP contribution in [-0.2, 0) is 0 Å². The van der Waals surface area contributed by atoms with E-state index in [0.717, 1.165) is 10.0 Å². The van der Waals surface area contributed by atoms with Crippen LogP contribution in [0.15, 0.2) is 50.7 Å². The minimum atomic E-state index is -0.260. The van der Waals surface area contributed by atoms with E-state index in [4.69, 9.17) is 4.42 Å². The number of thiophene rings is 1. The van der Waals surface area contributed by atoms with Crippen molar-refractivity contribution in [3.63, 3.8) is 0 Å².